The van der Waals surface area contributed by atoms with Crippen molar-refractivity contribution in [2.24, 2.45) is 0 Å². The van der Waals surface area contributed by atoms with Gasteiger partial charge in [-0.2, -0.15) is 0 Å². The molecule has 5 heteroatoms. The van der Waals surface area contributed by atoms with E-state index in [4.69, 9.17) is 5.11 Å². The van der Waals surface area contributed by atoms with Gasteiger partial charge in [-0.15, -0.1) is 0 Å². The van der Waals surface area contributed by atoms with Crippen molar-refractivity contribution < 1.29 is 14.7 Å². The van der Waals surface area contributed by atoms with Crippen molar-refractivity contribution in [1.82, 2.24) is 9.80 Å². The summed E-state index contributed by atoms with van der Waals surface area (Å²) < 4.78 is 0. The highest BCUT2D eigenvalue weighted by Gasteiger charge is 2.30. The summed E-state index contributed by atoms with van der Waals surface area (Å²) in [6.07, 6.45) is 3.35. The van der Waals surface area contributed by atoms with E-state index in [9.17, 15) is 9.59 Å². The van der Waals surface area contributed by atoms with Crippen LogP contribution in [0.15, 0.2) is 24.3 Å². The summed E-state index contributed by atoms with van der Waals surface area (Å²) in [5.41, 5.74) is 0.638. The molecule has 0 radical (unpaired) electrons. The summed E-state index contributed by atoms with van der Waals surface area (Å²) >= 11 is 0. The molecule has 21 heavy (non-hydrogen) atoms. The van der Waals surface area contributed by atoms with Crippen LogP contribution in [0.25, 0.3) is 0 Å². The maximum Gasteiger partial charge on any atom is 0.335 e. The summed E-state index contributed by atoms with van der Waals surface area (Å²) in [7, 11) is 0. The quantitative estimate of drug-likeness (QED) is 0.899. The van der Waals surface area contributed by atoms with Gasteiger partial charge in [0.25, 0.3) is 5.91 Å². The Morgan fingerprint density at radius 1 is 1.10 bits per heavy atom. The molecule has 1 N–H and O–H groups in total. The van der Waals surface area contributed by atoms with Gasteiger partial charge in [0.05, 0.1) is 5.56 Å². The smallest absolute Gasteiger partial charge is 0.335 e. The Balaban J connectivity index is 1.77. The normalized spacial score (nSPS) is 22.7. The van der Waals surface area contributed by atoms with Crippen molar-refractivity contribution >= 4 is 11.9 Å². The van der Waals surface area contributed by atoms with Gasteiger partial charge in [0.1, 0.15) is 0 Å². The average molecular weight is 288 g/mol. The highest BCUT2D eigenvalue weighted by molar-refractivity contribution is 5.97. The largest absolute Gasteiger partial charge is 0.478 e. The zero-order valence-electron chi connectivity index (χ0n) is 12.0. The Morgan fingerprint density at radius 2 is 1.86 bits per heavy atom. The highest BCUT2D eigenvalue weighted by Crippen LogP contribution is 2.22. The number of hydrogen-bond donors (Lipinski definition) is 1. The van der Waals surface area contributed by atoms with E-state index in [0.717, 1.165) is 39.0 Å². The molecule has 2 saturated heterocycles. The molecule has 1 amide bonds. The Bertz CT molecular complexity index is 558. The Hall–Kier alpha value is -1.88. The number of fused-ring (bicyclic) bond motifs is 1. The van der Waals surface area contributed by atoms with Gasteiger partial charge in [0, 0.05) is 31.2 Å². The van der Waals surface area contributed by atoms with Crippen molar-refractivity contribution in [3.8, 4) is 0 Å². The molecule has 2 aliphatic rings. The van der Waals surface area contributed by atoms with Crippen LogP contribution in [-0.2, 0) is 0 Å². The lowest BCUT2D eigenvalue weighted by atomic mass is 10.1. The maximum absolute atomic E-state index is 12.6. The van der Waals surface area contributed by atoms with Gasteiger partial charge in [0.2, 0.25) is 0 Å². The first kappa shape index (κ1) is 14.1. The number of nitrogens with zero attached hydrogens (tertiary/aromatic N) is 2. The van der Waals surface area contributed by atoms with Crippen molar-refractivity contribution in [2.75, 3.05) is 26.2 Å². The zero-order valence-corrected chi connectivity index (χ0v) is 12.0. The number of hydrogen-bond acceptors (Lipinski definition) is 3. The first-order chi connectivity index (χ1) is 10.1. The van der Waals surface area contributed by atoms with Crippen LogP contribution in [0.2, 0.25) is 0 Å². The SMILES string of the molecule is O=C(O)c1cccc(C(=O)N2CCCN3CCCC3C2)c1. The van der Waals surface area contributed by atoms with Crippen LogP contribution in [0.3, 0.4) is 0 Å². The van der Waals surface area contributed by atoms with Gasteiger partial charge in [-0.05, 0) is 44.0 Å². The Kier molecular flexibility index (Phi) is 3.92. The minimum Gasteiger partial charge on any atom is -0.478 e. The molecule has 1 unspecified atom stereocenters. The first-order valence-electron chi connectivity index (χ1n) is 7.52. The number of carbonyl (C=O) groups excluding carboxylic acids is 1. The van der Waals surface area contributed by atoms with Crippen molar-refractivity contribution in [1.29, 1.82) is 0 Å². The second-order valence-corrected chi connectivity index (χ2v) is 5.82. The lowest BCUT2D eigenvalue weighted by Crippen LogP contribution is -2.39. The number of carboxylic acids is 1. The fraction of sp³-hybridized carbons (Fsp3) is 0.500. The molecule has 2 fully saturated rings. The van der Waals surface area contributed by atoms with Gasteiger partial charge in [-0.1, -0.05) is 6.07 Å². The molecule has 0 spiro atoms. The monoisotopic (exact) mass is 288 g/mol. The number of carbonyl (C=O) groups is 2. The molecular formula is C16H20N2O3. The molecule has 5 nitrogen and oxygen atoms in total. The van der Waals surface area contributed by atoms with E-state index in [1.54, 1.807) is 12.1 Å². The summed E-state index contributed by atoms with van der Waals surface area (Å²) in [6, 6.07) is 6.80. The number of rotatable bonds is 2. The molecule has 0 bridgehead atoms. The lowest BCUT2D eigenvalue weighted by molar-refractivity contribution is 0.0697. The summed E-state index contributed by atoms with van der Waals surface area (Å²) in [6.45, 7) is 3.71. The molecule has 0 aliphatic carbocycles. The van der Waals surface area contributed by atoms with Gasteiger partial charge >= 0.3 is 5.97 Å². The van der Waals surface area contributed by atoms with Crippen LogP contribution in [0.1, 0.15) is 40.0 Å². The van der Waals surface area contributed by atoms with E-state index in [0.29, 0.717) is 11.6 Å². The first-order valence-corrected chi connectivity index (χ1v) is 7.52. The van der Waals surface area contributed by atoms with Crippen LogP contribution >= 0.6 is 0 Å². The van der Waals surface area contributed by atoms with E-state index < -0.39 is 5.97 Å². The number of benzene rings is 1. The standard InChI is InChI=1S/C16H20N2O3/c19-15(12-4-1-5-13(10-12)16(20)21)18-9-3-8-17-7-2-6-14(17)11-18/h1,4-5,10,14H,2-3,6-9,11H2,(H,20,21). The Morgan fingerprint density at radius 3 is 2.67 bits per heavy atom. The minimum absolute atomic E-state index is 0.0492. The highest BCUT2D eigenvalue weighted by atomic mass is 16.4. The van der Waals surface area contributed by atoms with E-state index in [1.165, 1.54) is 18.6 Å². The average Bonchev–Trinajstić information content (AvgIpc) is 2.83. The molecule has 1 aromatic carbocycles. The molecule has 1 atom stereocenters. The van der Waals surface area contributed by atoms with Crippen molar-refractivity contribution in [2.45, 2.75) is 25.3 Å². The van der Waals surface area contributed by atoms with Crippen molar-refractivity contribution in [3.05, 3.63) is 35.4 Å². The minimum atomic E-state index is -0.998. The topological polar surface area (TPSA) is 60.9 Å². The van der Waals surface area contributed by atoms with E-state index in [1.807, 2.05) is 4.90 Å². The molecular weight excluding hydrogens is 268 g/mol. The van der Waals surface area contributed by atoms with E-state index in [-0.39, 0.29) is 11.5 Å². The summed E-state index contributed by atoms with van der Waals surface area (Å²) in [4.78, 5) is 28.0. The van der Waals surface area contributed by atoms with Gasteiger partial charge in [-0.25, -0.2) is 4.79 Å². The van der Waals surface area contributed by atoms with Crippen LogP contribution in [0.5, 0.6) is 0 Å². The number of aromatic carboxylic acids is 1. The third kappa shape index (κ3) is 2.93. The maximum atomic E-state index is 12.6. The molecule has 2 aliphatic heterocycles. The molecule has 0 saturated carbocycles. The number of amides is 1. The van der Waals surface area contributed by atoms with Gasteiger partial charge < -0.3 is 10.0 Å². The molecule has 0 aromatic heterocycles. The third-order valence-electron chi connectivity index (χ3n) is 4.45. The predicted octanol–water partition coefficient (Wildman–Crippen LogP) is 1.70. The fourth-order valence-corrected chi connectivity index (χ4v) is 3.36. The van der Waals surface area contributed by atoms with Crippen LogP contribution < -0.4 is 0 Å². The molecule has 1 aromatic rings. The fourth-order valence-electron chi connectivity index (χ4n) is 3.36. The van der Waals surface area contributed by atoms with Crippen LogP contribution in [0, 0.1) is 0 Å². The molecule has 2 heterocycles. The van der Waals surface area contributed by atoms with E-state index in [2.05, 4.69) is 4.90 Å². The van der Waals surface area contributed by atoms with Gasteiger partial charge in [-0.3, -0.25) is 9.69 Å². The van der Waals surface area contributed by atoms with Crippen LogP contribution in [0.4, 0.5) is 0 Å². The molecule has 3 rings (SSSR count). The van der Waals surface area contributed by atoms with Crippen LogP contribution in [-0.4, -0.2) is 59.0 Å². The third-order valence-corrected chi connectivity index (χ3v) is 4.45. The lowest BCUT2D eigenvalue weighted by Gasteiger charge is -2.25. The second kappa shape index (κ2) is 5.85. The predicted molar refractivity (Wildman–Crippen MR) is 78.5 cm³/mol. The summed E-state index contributed by atoms with van der Waals surface area (Å²) in [5, 5.41) is 9.04. The summed E-state index contributed by atoms with van der Waals surface area (Å²) in [5.74, 6) is -1.05. The second-order valence-electron chi connectivity index (χ2n) is 5.82. The zero-order chi connectivity index (χ0) is 14.8. The van der Waals surface area contributed by atoms with Gasteiger partial charge in [0.15, 0.2) is 0 Å². The van der Waals surface area contributed by atoms with Crippen molar-refractivity contribution in [3.63, 3.8) is 0 Å². The molecule has 112 valence electrons. The Labute approximate surface area is 124 Å². The van der Waals surface area contributed by atoms with E-state index >= 15 is 0 Å². The number of carboxylic acid groups (broad SMARTS) is 1.